The van der Waals surface area contributed by atoms with Crippen molar-refractivity contribution in [2.45, 2.75) is 12.3 Å². The van der Waals surface area contributed by atoms with Gasteiger partial charge in [0.15, 0.2) is 0 Å². The van der Waals surface area contributed by atoms with Crippen molar-refractivity contribution in [1.82, 2.24) is 5.32 Å². The number of likely N-dealkylation sites (N-methyl/N-ethyl adjacent to an activating group) is 1. The van der Waals surface area contributed by atoms with Gasteiger partial charge in [-0.05, 0) is 30.3 Å². The molecule has 0 saturated heterocycles. The molecule has 0 fully saturated rings. The van der Waals surface area contributed by atoms with Crippen LogP contribution in [0.15, 0.2) is 18.2 Å². The summed E-state index contributed by atoms with van der Waals surface area (Å²) in [6.45, 7) is 0.605. The van der Waals surface area contributed by atoms with Gasteiger partial charge in [-0.3, -0.25) is 0 Å². The summed E-state index contributed by atoms with van der Waals surface area (Å²) in [5.41, 5.74) is 1.16. The molecule has 15 heavy (non-hydrogen) atoms. The number of fused-ring (bicyclic) bond motifs is 1. The van der Waals surface area contributed by atoms with E-state index in [9.17, 15) is 8.78 Å². The fourth-order valence-corrected chi connectivity index (χ4v) is 1.84. The standard InChI is InChI=1S/C11H13F2NO/c1-14-5-11-8-3-2-7(12)4-9(8)10(13)6-15-11/h2-4,10-11,14H,5-6H2,1H3/t10-,11-/m0/s1. The summed E-state index contributed by atoms with van der Waals surface area (Å²) in [5.74, 6) is -0.401. The molecule has 1 aromatic rings. The molecule has 1 aliphatic rings. The van der Waals surface area contributed by atoms with Crippen LogP contribution in [0, 0.1) is 5.82 Å². The van der Waals surface area contributed by atoms with Crippen LogP contribution in [0.3, 0.4) is 0 Å². The first kappa shape index (κ1) is 10.5. The van der Waals surface area contributed by atoms with Crippen molar-refractivity contribution in [3.05, 3.63) is 35.1 Å². The molecule has 2 atom stereocenters. The number of alkyl halides is 1. The van der Waals surface area contributed by atoms with E-state index in [1.54, 1.807) is 13.1 Å². The van der Waals surface area contributed by atoms with Crippen molar-refractivity contribution in [2.75, 3.05) is 20.2 Å². The average Bonchev–Trinajstić information content (AvgIpc) is 2.23. The Morgan fingerprint density at radius 1 is 1.47 bits per heavy atom. The molecule has 2 nitrogen and oxygen atoms in total. The van der Waals surface area contributed by atoms with Gasteiger partial charge in [0.05, 0.1) is 12.7 Å². The second-order valence-corrected chi connectivity index (χ2v) is 3.62. The lowest BCUT2D eigenvalue weighted by atomic mass is 9.96. The number of rotatable bonds is 2. The van der Waals surface area contributed by atoms with Gasteiger partial charge in [-0.2, -0.15) is 0 Å². The highest BCUT2D eigenvalue weighted by atomic mass is 19.1. The molecule has 0 radical (unpaired) electrons. The molecule has 1 aliphatic heterocycles. The Balaban J connectivity index is 2.36. The van der Waals surface area contributed by atoms with E-state index in [1.165, 1.54) is 12.1 Å². The summed E-state index contributed by atoms with van der Waals surface area (Å²) < 4.78 is 31.8. The molecule has 0 bridgehead atoms. The smallest absolute Gasteiger partial charge is 0.149 e. The van der Waals surface area contributed by atoms with E-state index in [0.717, 1.165) is 5.56 Å². The molecule has 0 aromatic heterocycles. The van der Waals surface area contributed by atoms with Crippen LogP contribution in [-0.2, 0) is 4.74 Å². The van der Waals surface area contributed by atoms with E-state index in [-0.39, 0.29) is 12.7 Å². The number of nitrogens with one attached hydrogen (secondary N) is 1. The summed E-state index contributed by atoms with van der Waals surface area (Å²) in [7, 11) is 1.80. The SMILES string of the molecule is CNC[C@@H]1OC[C@H](F)c2cc(F)ccc21. The number of ether oxygens (including phenoxy) is 1. The highest BCUT2D eigenvalue weighted by Crippen LogP contribution is 2.34. The van der Waals surface area contributed by atoms with Gasteiger partial charge < -0.3 is 10.1 Å². The molecular weight excluding hydrogens is 200 g/mol. The fourth-order valence-electron chi connectivity index (χ4n) is 1.84. The molecule has 0 aliphatic carbocycles. The van der Waals surface area contributed by atoms with Gasteiger partial charge in [-0.25, -0.2) is 8.78 Å². The molecule has 2 rings (SSSR count). The Labute approximate surface area is 87.2 Å². The first-order valence-corrected chi connectivity index (χ1v) is 4.92. The molecule has 1 aromatic carbocycles. The van der Waals surface area contributed by atoms with E-state index >= 15 is 0 Å². The third-order valence-electron chi connectivity index (χ3n) is 2.57. The molecule has 82 valence electrons. The lowest BCUT2D eigenvalue weighted by molar-refractivity contribution is 0.000364. The van der Waals surface area contributed by atoms with Crippen molar-refractivity contribution in [3.8, 4) is 0 Å². The van der Waals surface area contributed by atoms with Crippen molar-refractivity contribution in [3.63, 3.8) is 0 Å². The van der Waals surface area contributed by atoms with Crippen LogP contribution in [0.25, 0.3) is 0 Å². The zero-order valence-corrected chi connectivity index (χ0v) is 8.47. The molecule has 4 heteroatoms. The van der Waals surface area contributed by atoms with Gasteiger partial charge in [0.1, 0.15) is 12.0 Å². The topological polar surface area (TPSA) is 21.3 Å². The summed E-state index contributed by atoms with van der Waals surface area (Å²) in [5, 5.41) is 2.97. The van der Waals surface area contributed by atoms with Gasteiger partial charge in [0.25, 0.3) is 0 Å². The van der Waals surface area contributed by atoms with Gasteiger partial charge in [0, 0.05) is 6.54 Å². The van der Waals surface area contributed by atoms with Crippen LogP contribution in [0.5, 0.6) is 0 Å². The summed E-state index contributed by atoms with van der Waals surface area (Å²) in [4.78, 5) is 0. The van der Waals surface area contributed by atoms with Crippen molar-refractivity contribution in [1.29, 1.82) is 0 Å². The Morgan fingerprint density at radius 2 is 2.27 bits per heavy atom. The predicted octanol–water partition coefficient (Wildman–Crippen LogP) is 2.13. The Morgan fingerprint density at radius 3 is 3.00 bits per heavy atom. The summed E-state index contributed by atoms with van der Waals surface area (Å²) in [6, 6.07) is 4.19. The largest absolute Gasteiger partial charge is 0.369 e. The van der Waals surface area contributed by atoms with E-state index in [2.05, 4.69) is 5.32 Å². The van der Waals surface area contributed by atoms with Gasteiger partial charge in [-0.15, -0.1) is 0 Å². The number of hydrogen-bond donors (Lipinski definition) is 1. The zero-order valence-electron chi connectivity index (χ0n) is 8.47. The van der Waals surface area contributed by atoms with Crippen LogP contribution in [0.1, 0.15) is 23.4 Å². The van der Waals surface area contributed by atoms with Crippen LogP contribution in [0.4, 0.5) is 8.78 Å². The van der Waals surface area contributed by atoms with Crippen LogP contribution < -0.4 is 5.32 Å². The van der Waals surface area contributed by atoms with Gasteiger partial charge in [0.2, 0.25) is 0 Å². The lowest BCUT2D eigenvalue weighted by Crippen LogP contribution is -2.26. The van der Waals surface area contributed by atoms with Gasteiger partial charge in [-0.1, -0.05) is 6.07 Å². The van der Waals surface area contributed by atoms with Crippen LogP contribution in [-0.4, -0.2) is 20.2 Å². The van der Waals surface area contributed by atoms with Crippen LogP contribution in [0.2, 0.25) is 0 Å². The Hall–Kier alpha value is -1.00. The lowest BCUT2D eigenvalue weighted by Gasteiger charge is -2.28. The minimum atomic E-state index is -1.22. The summed E-state index contributed by atoms with van der Waals surface area (Å²) >= 11 is 0. The molecule has 1 heterocycles. The maximum absolute atomic E-state index is 13.5. The average molecular weight is 213 g/mol. The first-order chi connectivity index (χ1) is 7.22. The zero-order chi connectivity index (χ0) is 10.8. The minimum Gasteiger partial charge on any atom is -0.369 e. The number of hydrogen-bond acceptors (Lipinski definition) is 2. The fraction of sp³-hybridized carbons (Fsp3) is 0.455. The first-order valence-electron chi connectivity index (χ1n) is 4.92. The monoisotopic (exact) mass is 213 g/mol. The van der Waals surface area contributed by atoms with Crippen LogP contribution >= 0.6 is 0 Å². The third kappa shape index (κ3) is 2.01. The highest BCUT2D eigenvalue weighted by molar-refractivity contribution is 5.33. The molecular formula is C11H13F2NO. The predicted molar refractivity (Wildman–Crippen MR) is 52.9 cm³/mol. The molecule has 0 unspecified atom stereocenters. The van der Waals surface area contributed by atoms with Gasteiger partial charge >= 0.3 is 0 Å². The van der Waals surface area contributed by atoms with E-state index in [4.69, 9.17) is 4.74 Å². The quantitative estimate of drug-likeness (QED) is 0.812. The molecule has 0 spiro atoms. The minimum absolute atomic E-state index is 0.00278. The Kier molecular flexibility index (Phi) is 2.98. The second-order valence-electron chi connectivity index (χ2n) is 3.62. The highest BCUT2D eigenvalue weighted by Gasteiger charge is 2.27. The number of halogens is 2. The second kappa shape index (κ2) is 4.24. The van der Waals surface area contributed by atoms with E-state index < -0.39 is 12.0 Å². The normalized spacial score (nSPS) is 25.0. The van der Waals surface area contributed by atoms with Crippen molar-refractivity contribution in [2.24, 2.45) is 0 Å². The third-order valence-corrected chi connectivity index (χ3v) is 2.57. The molecule has 0 saturated carbocycles. The maximum Gasteiger partial charge on any atom is 0.149 e. The van der Waals surface area contributed by atoms with Crippen molar-refractivity contribution < 1.29 is 13.5 Å². The molecule has 1 N–H and O–H groups in total. The van der Waals surface area contributed by atoms with Crippen molar-refractivity contribution >= 4 is 0 Å². The Bertz CT molecular complexity index is 356. The maximum atomic E-state index is 13.5. The van der Waals surface area contributed by atoms with E-state index in [1.807, 2.05) is 0 Å². The summed E-state index contributed by atoms with van der Waals surface area (Å²) in [6.07, 6.45) is -1.40. The number of benzene rings is 1. The molecule has 0 amide bonds. The van der Waals surface area contributed by atoms with E-state index in [0.29, 0.717) is 12.1 Å².